The molecule has 0 atom stereocenters. The summed E-state index contributed by atoms with van der Waals surface area (Å²) >= 11 is 6.21. The van der Waals surface area contributed by atoms with Crippen molar-refractivity contribution in [2.24, 2.45) is 0 Å². The van der Waals surface area contributed by atoms with Gasteiger partial charge in [-0.2, -0.15) is 0 Å². The summed E-state index contributed by atoms with van der Waals surface area (Å²) in [5.41, 5.74) is 0. The summed E-state index contributed by atoms with van der Waals surface area (Å²) < 4.78 is 4.53. The predicted octanol–water partition coefficient (Wildman–Crippen LogP) is 1.71. The highest BCUT2D eigenvalue weighted by Gasteiger charge is 1.64. The fourth-order valence-corrected chi connectivity index (χ4v) is 0.381. The van der Waals surface area contributed by atoms with E-state index in [-0.39, 0.29) is 0 Å². The van der Waals surface area contributed by atoms with Crippen molar-refractivity contribution in [3.05, 3.63) is 0 Å². The van der Waals surface area contributed by atoms with Crippen LogP contribution in [0.25, 0.3) is 0 Å². The van der Waals surface area contributed by atoms with Crippen molar-refractivity contribution in [2.45, 2.75) is 0 Å². The van der Waals surface area contributed by atoms with Crippen molar-refractivity contribution in [3.8, 4) is 24.1 Å². The molecule has 9 heavy (non-hydrogen) atoms. The van der Waals surface area contributed by atoms with Gasteiger partial charge < -0.3 is 4.74 Å². The Bertz CT molecular complexity index is 147. The average Bonchev–Trinajstić information content (AvgIpc) is 1.89. The monoisotopic (exact) mass is 250 g/mol. The largest absolute Gasteiger partial charge is 0.357 e. The molecule has 0 radical (unpaired) electrons. The zero-order valence-electron chi connectivity index (χ0n) is 4.58. The van der Waals surface area contributed by atoms with Crippen LogP contribution in [0.1, 0.15) is 0 Å². The van der Waals surface area contributed by atoms with Gasteiger partial charge in [-0.25, -0.2) is 0 Å². The molecule has 0 N–H and O–H groups in total. The van der Waals surface area contributed by atoms with Gasteiger partial charge in [-0.05, 0) is 11.8 Å². The average molecular weight is 252 g/mol. The molecule has 0 rings (SSSR count). The van der Waals surface area contributed by atoms with Gasteiger partial charge in [0.2, 0.25) is 0 Å². The normalized spacial score (nSPS) is 6.00. The van der Waals surface area contributed by atoms with Gasteiger partial charge in [0.15, 0.2) is 0 Å². The van der Waals surface area contributed by atoms with Gasteiger partial charge in [-0.1, -0.05) is 31.9 Å². The van der Waals surface area contributed by atoms with Crippen molar-refractivity contribution >= 4 is 31.9 Å². The third kappa shape index (κ3) is 7.88. The van der Waals surface area contributed by atoms with E-state index in [0.29, 0.717) is 10.7 Å². The highest BCUT2D eigenvalue weighted by Crippen LogP contribution is 1.75. The van der Waals surface area contributed by atoms with Crippen LogP contribution in [0, 0.1) is 24.1 Å². The molecule has 0 saturated carbocycles. The maximum atomic E-state index is 4.53. The van der Waals surface area contributed by atoms with Crippen LogP contribution in [0.15, 0.2) is 0 Å². The number of alkyl halides is 2. The van der Waals surface area contributed by atoms with E-state index in [1.54, 1.807) is 0 Å². The molecular formula is C6H4Br2O. The number of halogens is 2. The molecular weight excluding hydrogens is 248 g/mol. The van der Waals surface area contributed by atoms with Gasteiger partial charge >= 0.3 is 0 Å². The first kappa shape index (κ1) is 8.88. The lowest BCUT2D eigenvalue weighted by atomic mass is 10.8. The second-order valence-corrected chi connectivity index (χ2v) is 2.05. The van der Waals surface area contributed by atoms with Crippen LogP contribution >= 0.6 is 31.9 Å². The molecule has 0 unspecified atom stereocenters. The Morgan fingerprint density at radius 3 is 1.78 bits per heavy atom. The fraction of sp³-hybridized carbons (Fsp3) is 0.333. The molecule has 0 amide bonds. The Kier molecular flexibility index (Phi) is 7.77. The molecule has 0 fully saturated rings. The van der Waals surface area contributed by atoms with Crippen molar-refractivity contribution in [1.29, 1.82) is 0 Å². The molecule has 0 bridgehead atoms. The van der Waals surface area contributed by atoms with Gasteiger partial charge in [-0.3, -0.25) is 0 Å². The molecule has 0 aliphatic rings. The maximum absolute atomic E-state index is 4.53. The van der Waals surface area contributed by atoms with Crippen LogP contribution in [0.2, 0.25) is 0 Å². The third-order valence-electron chi connectivity index (χ3n) is 0.380. The van der Waals surface area contributed by atoms with Gasteiger partial charge in [0, 0.05) is 0 Å². The summed E-state index contributed by atoms with van der Waals surface area (Å²) in [6.07, 6.45) is 4.76. The predicted molar refractivity (Wildman–Crippen MR) is 44.2 cm³/mol. The molecule has 0 aliphatic carbocycles. The van der Waals surface area contributed by atoms with Gasteiger partial charge in [0.05, 0.1) is 10.7 Å². The quantitative estimate of drug-likeness (QED) is 0.471. The Morgan fingerprint density at radius 2 is 1.44 bits per heavy atom. The van der Waals surface area contributed by atoms with E-state index in [9.17, 15) is 0 Å². The lowest BCUT2D eigenvalue weighted by molar-refractivity contribution is 0.479. The molecule has 0 heterocycles. The van der Waals surface area contributed by atoms with E-state index in [0.717, 1.165) is 0 Å². The van der Waals surface area contributed by atoms with Crippen LogP contribution in [0.5, 0.6) is 0 Å². The van der Waals surface area contributed by atoms with E-state index in [4.69, 9.17) is 0 Å². The number of hydrogen-bond donors (Lipinski definition) is 0. The first-order chi connectivity index (χ1) is 4.41. The van der Waals surface area contributed by atoms with Crippen molar-refractivity contribution in [2.75, 3.05) is 10.7 Å². The van der Waals surface area contributed by atoms with Crippen molar-refractivity contribution in [3.63, 3.8) is 0 Å². The molecule has 1 nitrogen and oxygen atoms in total. The molecule has 0 aliphatic heterocycles. The van der Waals surface area contributed by atoms with E-state index < -0.39 is 0 Å². The van der Waals surface area contributed by atoms with Crippen LogP contribution in [-0.4, -0.2) is 10.7 Å². The number of ether oxygens (including phenoxy) is 1. The van der Waals surface area contributed by atoms with E-state index in [2.05, 4.69) is 60.7 Å². The minimum absolute atomic E-state index is 0.614. The lowest BCUT2D eigenvalue weighted by Crippen LogP contribution is -1.68. The Balaban J connectivity index is 3.28. The van der Waals surface area contributed by atoms with E-state index in [1.807, 2.05) is 0 Å². The van der Waals surface area contributed by atoms with Crippen LogP contribution in [0.4, 0.5) is 0 Å². The molecule has 0 spiro atoms. The second-order valence-electron chi connectivity index (χ2n) is 0.927. The molecule has 3 heteroatoms. The lowest BCUT2D eigenvalue weighted by Gasteiger charge is -1.73. The summed E-state index contributed by atoms with van der Waals surface area (Å²) in [6.45, 7) is 0. The smallest absolute Gasteiger partial charge is 0.130 e. The van der Waals surface area contributed by atoms with Gasteiger partial charge in [-0.15, -0.1) is 0 Å². The summed E-state index contributed by atoms with van der Waals surface area (Å²) in [4.78, 5) is 0. The Labute approximate surface area is 71.4 Å². The first-order valence-corrected chi connectivity index (χ1v) is 4.39. The van der Waals surface area contributed by atoms with E-state index in [1.165, 1.54) is 0 Å². The summed E-state index contributed by atoms with van der Waals surface area (Å²) in [5, 5.41) is 1.23. The minimum atomic E-state index is 0.614. The summed E-state index contributed by atoms with van der Waals surface area (Å²) in [5.74, 6) is 5.27. The topological polar surface area (TPSA) is 9.23 Å². The van der Waals surface area contributed by atoms with E-state index >= 15 is 0 Å². The molecule has 0 aromatic rings. The minimum Gasteiger partial charge on any atom is -0.357 e. The van der Waals surface area contributed by atoms with Crippen molar-refractivity contribution < 1.29 is 4.74 Å². The number of hydrogen-bond acceptors (Lipinski definition) is 1. The Morgan fingerprint density at radius 1 is 1.00 bits per heavy atom. The summed E-state index contributed by atoms with van der Waals surface area (Å²) in [7, 11) is 0. The van der Waals surface area contributed by atoms with Gasteiger partial charge in [0.25, 0.3) is 0 Å². The third-order valence-corrected chi connectivity index (χ3v) is 0.941. The Hall–Kier alpha value is -0.120. The highest BCUT2D eigenvalue weighted by molar-refractivity contribution is 9.09. The second kappa shape index (κ2) is 7.88. The number of rotatable bonds is 0. The maximum Gasteiger partial charge on any atom is 0.130 e. The zero-order chi connectivity index (χ0) is 6.95. The summed E-state index contributed by atoms with van der Waals surface area (Å²) in [6, 6.07) is 0. The fourth-order valence-electron chi connectivity index (χ4n) is 0.152. The SMILES string of the molecule is BrCC#COC#CCBr. The van der Waals surface area contributed by atoms with Crippen LogP contribution in [-0.2, 0) is 4.74 Å². The first-order valence-electron chi connectivity index (χ1n) is 2.15. The van der Waals surface area contributed by atoms with Crippen LogP contribution < -0.4 is 0 Å². The zero-order valence-corrected chi connectivity index (χ0v) is 7.75. The van der Waals surface area contributed by atoms with Crippen molar-refractivity contribution in [1.82, 2.24) is 0 Å². The molecule has 0 aromatic heterocycles. The molecule has 0 aromatic carbocycles. The highest BCUT2D eigenvalue weighted by atomic mass is 79.9. The van der Waals surface area contributed by atoms with Gasteiger partial charge in [0.1, 0.15) is 12.2 Å². The molecule has 48 valence electrons. The molecule has 0 saturated heterocycles. The van der Waals surface area contributed by atoms with Crippen LogP contribution in [0.3, 0.4) is 0 Å². The standard InChI is InChI=1S/C6H4Br2O/c7-3-1-5-9-6-2-4-8/h3-4H2.